The van der Waals surface area contributed by atoms with Crippen LogP contribution in [0, 0.1) is 5.92 Å². The number of amides is 1. The Bertz CT molecular complexity index is 864. The molecule has 1 aliphatic heterocycles. The van der Waals surface area contributed by atoms with Crippen LogP contribution in [-0.2, 0) is 16.1 Å². The third kappa shape index (κ3) is 4.05. The Labute approximate surface area is 169 Å². The van der Waals surface area contributed by atoms with E-state index in [2.05, 4.69) is 5.10 Å². The van der Waals surface area contributed by atoms with Crippen LogP contribution in [0.2, 0.25) is 0 Å². The second-order valence-corrected chi connectivity index (χ2v) is 8.71. The summed E-state index contributed by atoms with van der Waals surface area (Å²) in [5.41, 5.74) is 0.692. The predicted molar refractivity (Wildman–Crippen MR) is 109 cm³/mol. The third-order valence-electron chi connectivity index (χ3n) is 5.99. The molecule has 1 saturated carbocycles. The number of methoxy groups -OCH3 is 1. The number of carbonyl (C=O) groups excluding carboxylic acids is 1. The van der Waals surface area contributed by atoms with E-state index in [-0.39, 0.29) is 29.5 Å². The van der Waals surface area contributed by atoms with Crippen molar-refractivity contribution >= 4 is 17.2 Å². The number of ether oxygens (including phenoxy) is 1. The monoisotopic (exact) mass is 401 g/mol. The topological polar surface area (TPSA) is 64.4 Å². The van der Waals surface area contributed by atoms with Crippen molar-refractivity contribution in [2.24, 2.45) is 5.92 Å². The fourth-order valence-electron chi connectivity index (χ4n) is 4.47. The minimum absolute atomic E-state index is 0.0409. The molecule has 3 atom stereocenters. The Kier molecular flexibility index (Phi) is 5.92. The summed E-state index contributed by atoms with van der Waals surface area (Å²) in [6.07, 6.45) is 5.92. The quantitative estimate of drug-likeness (QED) is 0.772. The van der Waals surface area contributed by atoms with Gasteiger partial charge in [0, 0.05) is 25.6 Å². The first-order valence-corrected chi connectivity index (χ1v) is 11.0. The van der Waals surface area contributed by atoms with E-state index in [1.807, 2.05) is 22.4 Å². The van der Waals surface area contributed by atoms with Crippen LogP contribution in [0.15, 0.2) is 34.4 Å². The second kappa shape index (κ2) is 8.57. The maximum Gasteiger partial charge on any atom is 0.266 e. The summed E-state index contributed by atoms with van der Waals surface area (Å²) in [6, 6.07) is 7.37. The van der Waals surface area contributed by atoms with Gasteiger partial charge in [-0.2, -0.15) is 5.10 Å². The molecule has 2 aliphatic rings. The molecule has 28 heavy (non-hydrogen) atoms. The van der Waals surface area contributed by atoms with Crippen LogP contribution in [0.1, 0.15) is 38.5 Å². The number of nitrogens with zero attached hydrogens (tertiary/aromatic N) is 3. The molecular formula is C21H27N3O3S. The van der Waals surface area contributed by atoms with Crippen molar-refractivity contribution in [1.29, 1.82) is 0 Å². The highest BCUT2D eigenvalue weighted by molar-refractivity contribution is 7.13. The largest absolute Gasteiger partial charge is 0.381 e. The zero-order chi connectivity index (χ0) is 19.5. The molecule has 0 aromatic carbocycles. The Morgan fingerprint density at radius 1 is 1.25 bits per heavy atom. The molecule has 3 heterocycles. The number of aromatic nitrogens is 2. The summed E-state index contributed by atoms with van der Waals surface area (Å²) in [5, 5.41) is 6.57. The van der Waals surface area contributed by atoms with Crippen LogP contribution in [-0.4, -0.2) is 46.4 Å². The first-order chi connectivity index (χ1) is 13.7. The molecule has 2 fully saturated rings. The smallest absolute Gasteiger partial charge is 0.266 e. The minimum atomic E-state index is -0.114. The van der Waals surface area contributed by atoms with Crippen LogP contribution >= 0.6 is 11.3 Å². The summed E-state index contributed by atoms with van der Waals surface area (Å²) in [4.78, 5) is 28.6. The van der Waals surface area contributed by atoms with E-state index >= 15 is 0 Å². The standard InChI is InChI=1S/C21H27N3O3S/c1-27-17-7-2-5-15(13-17)21(26)23-11-3-6-16(23)14-24-20(25)10-9-18(22-24)19-8-4-12-28-19/h4,8-10,12,15-17H,2-3,5-7,11,13-14H2,1H3/t15?,16-,17?/m1/s1. The second-order valence-electron chi connectivity index (χ2n) is 7.77. The Morgan fingerprint density at radius 3 is 2.93 bits per heavy atom. The molecule has 7 heteroatoms. The van der Waals surface area contributed by atoms with E-state index in [0.717, 1.165) is 55.6 Å². The highest BCUT2D eigenvalue weighted by atomic mass is 32.1. The van der Waals surface area contributed by atoms with E-state index in [1.165, 1.54) is 4.68 Å². The maximum absolute atomic E-state index is 13.2. The van der Waals surface area contributed by atoms with Gasteiger partial charge < -0.3 is 9.64 Å². The number of hydrogen-bond acceptors (Lipinski definition) is 5. The van der Waals surface area contributed by atoms with E-state index in [1.54, 1.807) is 30.6 Å². The normalized spacial score (nSPS) is 25.2. The Morgan fingerprint density at radius 2 is 2.14 bits per heavy atom. The van der Waals surface area contributed by atoms with Crippen molar-refractivity contribution in [3.05, 3.63) is 40.0 Å². The van der Waals surface area contributed by atoms with E-state index in [0.29, 0.717) is 6.54 Å². The summed E-state index contributed by atoms with van der Waals surface area (Å²) < 4.78 is 7.03. The van der Waals surface area contributed by atoms with Crippen LogP contribution in [0.4, 0.5) is 0 Å². The molecule has 1 aliphatic carbocycles. The fourth-order valence-corrected chi connectivity index (χ4v) is 5.16. The molecule has 0 bridgehead atoms. The lowest BCUT2D eigenvalue weighted by atomic mass is 9.86. The van der Waals surface area contributed by atoms with Crippen molar-refractivity contribution in [3.8, 4) is 10.6 Å². The molecule has 150 valence electrons. The molecule has 6 nitrogen and oxygen atoms in total. The number of rotatable bonds is 5. The third-order valence-corrected chi connectivity index (χ3v) is 6.89. The van der Waals surface area contributed by atoms with Crippen molar-refractivity contribution in [2.45, 2.75) is 57.2 Å². The first kappa shape index (κ1) is 19.3. The lowest BCUT2D eigenvalue weighted by molar-refractivity contribution is -0.139. The van der Waals surface area contributed by atoms with Gasteiger partial charge in [0.15, 0.2) is 0 Å². The lowest BCUT2D eigenvalue weighted by Gasteiger charge is -2.33. The summed E-state index contributed by atoms with van der Waals surface area (Å²) in [6.45, 7) is 1.24. The SMILES string of the molecule is COC1CCCC(C(=O)N2CCC[C@@H]2Cn2nc(-c3cccs3)ccc2=O)C1. The molecular weight excluding hydrogens is 374 g/mol. The van der Waals surface area contributed by atoms with Crippen LogP contribution in [0.3, 0.4) is 0 Å². The van der Waals surface area contributed by atoms with E-state index in [4.69, 9.17) is 4.74 Å². The zero-order valence-electron chi connectivity index (χ0n) is 16.3. The van der Waals surface area contributed by atoms with Gasteiger partial charge in [0.2, 0.25) is 5.91 Å². The maximum atomic E-state index is 13.2. The van der Waals surface area contributed by atoms with E-state index < -0.39 is 0 Å². The lowest BCUT2D eigenvalue weighted by Crippen LogP contribution is -2.44. The van der Waals surface area contributed by atoms with Gasteiger partial charge >= 0.3 is 0 Å². The molecule has 2 aromatic heterocycles. The predicted octanol–water partition coefficient (Wildman–Crippen LogP) is 3.17. The highest BCUT2D eigenvalue weighted by Gasteiger charge is 2.36. The fraction of sp³-hybridized carbons (Fsp3) is 0.571. The number of thiophene rings is 1. The average molecular weight is 402 g/mol. The summed E-state index contributed by atoms with van der Waals surface area (Å²) in [5.74, 6) is 0.271. The van der Waals surface area contributed by atoms with Gasteiger partial charge in [-0.1, -0.05) is 12.5 Å². The van der Waals surface area contributed by atoms with Gasteiger partial charge in [0.1, 0.15) is 5.69 Å². The average Bonchev–Trinajstić information content (AvgIpc) is 3.41. The van der Waals surface area contributed by atoms with Crippen molar-refractivity contribution in [3.63, 3.8) is 0 Å². The molecule has 1 amide bonds. The highest BCUT2D eigenvalue weighted by Crippen LogP contribution is 2.30. The number of carbonyl (C=O) groups is 1. The summed E-state index contributed by atoms with van der Waals surface area (Å²) >= 11 is 1.61. The zero-order valence-corrected chi connectivity index (χ0v) is 17.1. The van der Waals surface area contributed by atoms with Crippen LogP contribution in [0.25, 0.3) is 10.6 Å². The van der Waals surface area contributed by atoms with Gasteiger partial charge in [0.05, 0.1) is 23.6 Å². The number of likely N-dealkylation sites (tertiary alicyclic amines) is 1. The van der Waals surface area contributed by atoms with Crippen molar-refractivity contribution in [1.82, 2.24) is 14.7 Å². The van der Waals surface area contributed by atoms with Gasteiger partial charge in [-0.15, -0.1) is 11.3 Å². The molecule has 0 N–H and O–H groups in total. The van der Waals surface area contributed by atoms with E-state index in [9.17, 15) is 9.59 Å². The molecule has 0 radical (unpaired) electrons. The van der Waals surface area contributed by atoms with Gasteiger partial charge in [-0.3, -0.25) is 9.59 Å². The molecule has 2 unspecified atom stereocenters. The first-order valence-electron chi connectivity index (χ1n) is 10.1. The molecule has 0 spiro atoms. The van der Waals surface area contributed by atoms with Gasteiger partial charge in [0.25, 0.3) is 5.56 Å². The Hall–Kier alpha value is -1.99. The number of hydrogen-bond donors (Lipinski definition) is 0. The minimum Gasteiger partial charge on any atom is -0.381 e. The van der Waals surface area contributed by atoms with Gasteiger partial charge in [-0.25, -0.2) is 4.68 Å². The van der Waals surface area contributed by atoms with Crippen molar-refractivity contribution in [2.75, 3.05) is 13.7 Å². The van der Waals surface area contributed by atoms with Crippen LogP contribution in [0.5, 0.6) is 0 Å². The molecule has 1 saturated heterocycles. The van der Waals surface area contributed by atoms with Crippen LogP contribution < -0.4 is 5.56 Å². The molecule has 2 aromatic rings. The Balaban J connectivity index is 1.49. The summed E-state index contributed by atoms with van der Waals surface area (Å²) in [7, 11) is 1.73. The van der Waals surface area contributed by atoms with Gasteiger partial charge in [-0.05, 0) is 49.6 Å². The van der Waals surface area contributed by atoms with Crippen molar-refractivity contribution < 1.29 is 9.53 Å². The molecule has 4 rings (SSSR count).